The highest BCUT2D eigenvalue weighted by Crippen LogP contribution is 2.32. The maximum Gasteiger partial charge on any atom is 0.307 e. The van der Waals surface area contributed by atoms with Crippen molar-refractivity contribution in [2.45, 2.75) is 0 Å². The second-order valence-electron chi connectivity index (χ2n) is 7.19. The fraction of sp³-hybridized carbons (Fsp3) is 0.0909. The summed E-state index contributed by atoms with van der Waals surface area (Å²) < 4.78 is 33.6. The number of nitrogens with one attached hydrogen (secondary N) is 2. The topological polar surface area (TPSA) is 132 Å². The van der Waals surface area contributed by atoms with E-state index in [9.17, 15) is 8.42 Å². The molecule has 10 nitrogen and oxygen atoms in total. The molecule has 0 saturated heterocycles. The van der Waals surface area contributed by atoms with Crippen LogP contribution in [0.25, 0.3) is 33.2 Å². The highest BCUT2D eigenvalue weighted by molar-refractivity contribution is 7.86. The van der Waals surface area contributed by atoms with Crippen molar-refractivity contribution in [1.29, 1.82) is 0 Å². The zero-order chi connectivity index (χ0) is 23.0. The molecule has 0 aliphatic carbocycles. The van der Waals surface area contributed by atoms with Crippen LogP contribution >= 0.6 is 0 Å². The summed E-state index contributed by atoms with van der Waals surface area (Å²) >= 11 is 0. The number of aromatic nitrogens is 5. The number of pyridine rings is 1. The van der Waals surface area contributed by atoms with E-state index in [-0.39, 0.29) is 17.3 Å². The molecule has 5 aromatic rings. The van der Waals surface area contributed by atoms with E-state index < -0.39 is 10.1 Å². The number of benzene rings is 2. The standard InChI is InChI=1S/C22H18N6O4S/c1-31-15-5-3-4-13(10-15)16-8-9-23-18-7-6-14(11-17(16)18)26-22-27-20-19(24-12-25-20)21(28-22)32-33(2,29)30/h3-12H,1-2H3,(H2,24,25,26,27,28). The molecular formula is C22H18N6O4S. The molecule has 0 unspecified atom stereocenters. The molecule has 3 heterocycles. The SMILES string of the molecule is COc1cccc(-c2ccnc3ccc(Nc4nc(OS(C)(=O)=O)c5nc[nH]c5n4)cc23)c1. The minimum Gasteiger partial charge on any atom is -0.497 e. The number of fused-ring (bicyclic) bond motifs is 2. The summed E-state index contributed by atoms with van der Waals surface area (Å²) in [4.78, 5) is 19.9. The first-order valence-electron chi connectivity index (χ1n) is 9.80. The molecule has 33 heavy (non-hydrogen) atoms. The molecule has 0 aliphatic heterocycles. The van der Waals surface area contributed by atoms with Crippen molar-refractivity contribution in [2.75, 3.05) is 18.7 Å². The number of anilines is 2. The van der Waals surface area contributed by atoms with Crippen LogP contribution in [0.2, 0.25) is 0 Å². The van der Waals surface area contributed by atoms with Gasteiger partial charge in [0.2, 0.25) is 5.95 Å². The maximum atomic E-state index is 11.6. The second-order valence-corrected chi connectivity index (χ2v) is 8.76. The third-order valence-corrected chi connectivity index (χ3v) is 5.32. The Balaban J connectivity index is 1.57. The Labute approximate surface area is 188 Å². The van der Waals surface area contributed by atoms with Crippen LogP contribution in [0, 0.1) is 0 Å². The third-order valence-electron chi connectivity index (χ3n) is 4.86. The van der Waals surface area contributed by atoms with E-state index in [1.165, 1.54) is 6.33 Å². The lowest BCUT2D eigenvalue weighted by Crippen LogP contribution is -2.09. The predicted octanol–water partition coefficient (Wildman–Crippen LogP) is 3.66. The van der Waals surface area contributed by atoms with E-state index in [1.807, 2.05) is 48.5 Å². The van der Waals surface area contributed by atoms with Crippen LogP contribution in [-0.2, 0) is 10.1 Å². The molecule has 2 N–H and O–H groups in total. The zero-order valence-electron chi connectivity index (χ0n) is 17.6. The van der Waals surface area contributed by atoms with Crippen LogP contribution in [0.3, 0.4) is 0 Å². The van der Waals surface area contributed by atoms with E-state index in [0.717, 1.165) is 34.0 Å². The average molecular weight is 462 g/mol. The molecule has 0 amide bonds. The summed E-state index contributed by atoms with van der Waals surface area (Å²) in [6, 6.07) is 15.4. The van der Waals surface area contributed by atoms with Crippen molar-refractivity contribution in [3.8, 4) is 22.8 Å². The largest absolute Gasteiger partial charge is 0.497 e. The van der Waals surface area contributed by atoms with Crippen LogP contribution in [-0.4, -0.2) is 46.7 Å². The molecule has 0 spiro atoms. The van der Waals surface area contributed by atoms with Crippen LogP contribution in [0.4, 0.5) is 11.6 Å². The van der Waals surface area contributed by atoms with Crippen molar-refractivity contribution < 1.29 is 17.3 Å². The van der Waals surface area contributed by atoms with Gasteiger partial charge in [0, 0.05) is 17.3 Å². The van der Waals surface area contributed by atoms with Crippen molar-refractivity contribution in [1.82, 2.24) is 24.9 Å². The molecule has 166 valence electrons. The molecule has 0 atom stereocenters. The molecule has 0 aliphatic rings. The lowest BCUT2D eigenvalue weighted by molar-refractivity contribution is 0.415. The number of methoxy groups -OCH3 is 1. The minimum absolute atomic E-state index is 0.150. The first-order valence-corrected chi connectivity index (χ1v) is 11.6. The quantitative estimate of drug-likeness (QED) is 0.363. The fourth-order valence-corrected chi connectivity index (χ4v) is 3.87. The smallest absolute Gasteiger partial charge is 0.307 e. The van der Waals surface area contributed by atoms with Gasteiger partial charge in [-0.15, -0.1) is 0 Å². The average Bonchev–Trinajstić information content (AvgIpc) is 3.27. The fourth-order valence-electron chi connectivity index (χ4n) is 3.46. The van der Waals surface area contributed by atoms with E-state index in [1.54, 1.807) is 13.3 Å². The molecule has 0 bridgehead atoms. The van der Waals surface area contributed by atoms with Gasteiger partial charge in [-0.05, 0) is 47.5 Å². The summed E-state index contributed by atoms with van der Waals surface area (Å²) in [5.74, 6) is 0.744. The van der Waals surface area contributed by atoms with Crippen molar-refractivity contribution in [3.05, 3.63) is 61.1 Å². The molecular weight excluding hydrogens is 444 g/mol. The number of aromatic amines is 1. The van der Waals surface area contributed by atoms with Gasteiger partial charge in [0.05, 0.1) is 25.2 Å². The second kappa shape index (κ2) is 8.02. The van der Waals surface area contributed by atoms with Gasteiger partial charge in [0.1, 0.15) is 5.75 Å². The Morgan fingerprint density at radius 3 is 2.73 bits per heavy atom. The lowest BCUT2D eigenvalue weighted by atomic mass is 10.0. The Hall–Kier alpha value is -4.25. The third kappa shape index (κ3) is 4.26. The lowest BCUT2D eigenvalue weighted by Gasteiger charge is -2.11. The normalized spacial score (nSPS) is 11.6. The first-order chi connectivity index (χ1) is 15.9. The van der Waals surface area contributed by atoms with Crippen LogP contribution in [0.5, 0.6) is 11.6 Å². The van der Waals surface area contributed by atoms with E-state index in [0.29, 0.717) is 11.3 Å². The zero-order valence-corrected chi connectivity index (χ0v) is 18.4. The van der Waals surface area contributed by atoms with Gasteiger partial charge in [-0.3, -0.25) is 4.98 Å². The number of rotatable bonds is 6. The van der Waals surface area contributed by atoms with E-state index in [4.69, 9.17) is 8.92 Å². The van der Waals surface area contributed by atoms with Crippen molar-refractivity contribution >= 4 is 43.8 Å². The van der Waals surface area contributed by atoms with Gasteiger partial charge < -0.3 is 19.2 Å². The Kier molecular flexibility index (Phi) is 5.02. The minimum atomic E-state index is -3.80. The molecule has 5 rings (SSSR count). The van der Waals surface area contributed by atoms with Crippen LogP contribution in [0.1, 0.15) is 0 Å². The summed E-state index contributed by atoms with van der Waals surface area (Å²) in [5.41, 5.74) is 4.02. The molecule has 11 heteroatoms. The van der Waals surface area contributed by atoms with Gasteiger partial charge in [0.25, 0.3) is 5.88 Å². The van der Waals surface area contributed by atoms with Crippen LogP contribution < -0.4 is 14.2 Å². The Morgan fingerprint density at radius 2 is 1.91 bits per heavy atom. The highest BCUT2D eigenvalue weighted by Gasteiger charge is 2.16. The molecule has 0 fully saturated rings. The van der Waals surface area contributed by atoms with Gasteiger partial charge in [-0.1, -0.05) is 12.1 Å². The van der Waals surface area contributed by atoms with Crippen molar-refractivity contribution in [2.24, 2.45) is 0 Å². The Bertz CT molecular complexity index is 1600. The number of hydrogen-bond acceptors (Lipinski definition) is 9. The molecule has 3 aromatic heterocycles. The van der Waals surface area contributed by atoms with Crippen LogP contribution in [0.15, 0.2) is 61.1 Å². The number of ether oxygens (including phenoxy) is 1. The van der Waals surface area contributed by atoms with E-state index in [2.05, 4.69) is 30.2 Å². The highest BCUT2D eigenvalue weighted by atomic mass is 32.2. The number of hydrogen-bond donors (Lipinski definition) is 2. The van der Waals surface area contributed by atoms with Gasteiger partial charge in [0.15, 0.2) is 11.2 Å². The predicted molar refractivity (Wildman–Crippen MR) is 124 cm³/mol. The molecule has 0 saturated carbocycles. The molecule has 0 radical (unpaired) electrons. The molecule has 2 aromatic carbocycles. The summed E-state index contributed by atoms with van der Waals surface area (Å²) in [6.45, 7) is 0. The summed E-state index contributed by atoms with van der Waals surface area (Å²) in [6.07, 6.45) is 4.09. The van der Waals surface area contributed by atoms with E-state index >= 15 is 0 Å². The maximum absolute atomic E-state index is 11.6. The van der Waals surface area contributed by atoms with Gasteiger partial charge in [-0.2, -0.15) is 18.4 Å². The summed E-state index contributed by atoms with van der Waals surface area (Å²) in [7, 11) is -2.17. The number of H-pyrrole nitrogens is 1. The number of nitrogens with zero attached hydrogens (tertiary/aromatic N) is 4. The van der Waals surface area contributed by atoms with Gasteiger partial charge in [-0.25, -0.2) is 4.98 Å². The van der Waals surface area contributed by atoms with Crippen molar-refractivity contribution in [3.63, 3.8) is 0 Å². The summed E-state index contributed by atoms with van der Waals surface area (Å²) in [5, 5.41) is 4.02. The Morgan fingerprint density at radius 1 is 1.03 bits per heavy atom. The number of imidazole rings is 1. The first kappa shape index (κ1) is 20.6. The van der Waals surface area contributed by atoms with Gasteiger partial charge >= 0.3 is 10.1 Å². The monoisotopic (exact) mass is 462 g/mol.